The van der Waals surface area contributed by atoms with Crippen LogP contribution >= 0.6 is 0 Å². The van der Waals surface area contributed by atoms with Crippen molar-refractivity contribution in [2.75, 3.05) is 0 Å². The molecule has 3 rings (SSSR count). The highest BCUT2D eigenvalue weighted by atomic mass is 16.2. The van der Waals surface area contributed by atoms with Gasteiger partial charge in [0.2, 0.25) is 11.8 Å². The number of hydrogen-bond donors (Lipinski definition) is 1. The minimum atomic E-state index is -0.460. The van der Waals surface area contributed by atoms with Gasteiger partial charge in [-0.1, -0.05) is 73.4 Å². The van der Waals surface area contributed by atoms with E-state index in [1.54, 1.807) is 4.90 Å². The molecule has 1 saturated carbocycles. The van der Waals surface area contributed by atoms with Crippen LogP contribution in [0, 0.1) is 20.8 Å². The van der Waals surface area contributed by atoms with Gasteiger partial charge >= 0.3 is 0 Å². The number of carbonyl (C=O) groups is 2. The number of nitrogens with one attached hydrogen (secondary N) is 1. The van der Waals surface area contributed by atoms with E-state index < -0.39 is 6.04 Å². The van der Waals surface area contributed by atoms with Crippen LogP contribution in [-0.4, -0.2) is 28.8 Å². The van der Waals surface area contributed by atoms with Crippen LogP contribution < -0.4 is 5.32 Å². The molecule has 1 aliphatic carbocycles. The zero-order chi connectivity index (χ0) is 22.4. The lowest BCUT2D eigenvalue weighted by molar-refractivity contribution is -0.141. The second kappa shape index (κ2) is 10.6. The van der Waals surface area contributed by atoms with E-state index in [0.29, 0.717) is 19.4 Å². The molecule has 2 amide bonds. The first-order valence-electron chi connectivity index (χ1n) is 11.6. The van der Waals surface area contributed by atoms with E-state index in [4.69, 9.17) is 0 Å². The zero-order valence-electron chi connectivity index (χ0n) is 19.4. The summed E-state index contributed by atoms with van der Waals surface area (Å²) >= 11 is 0. The second-order valence-corrected chi connectivity index (χ2v) is 9.03. The van der Waals surface area contributed by atoms with Gasteiger partial charge in [-0.25, -0.2) is 0 Å². The van der Waals surface area contributed by atoms with Gasteiger partial charge in [-0.05, 0) is 56.7 Å². The summed E-state index contributed by atoms with van der Waals surface area (Å²) in [7, 11) is 0. The molecule has 1 fully saturated rings. The Hall–Kier alpha value is -2.62. The molecule has 0 spiro atoms. The minimum Gasteiger partial charge on any atom is -0.352 e. The summed E-state index contributed by atoms with van der Waals surface area (Å²) in [6, 6.07) is 14.1. The number of hydrogen-bond acceptors (Lipinski definition) is 2. The monoisotopic (exact) mass is 420 g/mol. The Labute approximate surface area is 187 Å². The maximum Gasteiger partial charge on any atom is 0.243 e. The van der Waals surface area contributed by atoms with E-state index in [2.05, 4.69) is 50.4 Å². The fourth-order valence-corrected chi connectivity index (χ4v) is 4.71. The SMILES string of the molecule is CC[C@@H](C(=O)NC1CCCC1)N(Cc1ccccc1C)C(=O)Cc1cc(C)cc(C)c1. The van der Waals surface area contributed by atoms with E-state index in [0.717, 1.165) is 40.7 Å². The third kappa shape index (κ3) is 6.19. The third-order valence-corrected chi connectivity index (χ3v) is 6.33. The summed E-state index contributed by atoms with van der Waals surface area (Å²) in [6.07, 6.45) is 5.32. The first kappa shape index (κ1) is 23.1. The van der Waals surface area contributed by atoms with Crippen molar-refractivity contribution in [2.45, 2.75) is 84.8 Å². The molecular weight excluding hydrogens is 384 g/mol. The predicted octanol–water partition coefficient (Wildman–Crippen LogP) is 5.02. The lowest BCUT2D eigenvalue weighted by atomic mass is 10.0. The molecule has 1 aliphatic rings. The highest BCUT2D eigenvalue weighted by molar-refractivity contribution is 5.88. The van der Waals surface area contributed by atoms with Crippen LogP contribution in [0.4, 0.5) is 0 Å². The Kier molecular flexibility index (Phi) is 7.89. The average Bonchev–Trinajstić information content (AvgIpc) is 3.21. The van der Waals surface area contributed by atoms with Crippen LogP contribution in [-0.2, 0) is 22.6 Å². The number of amides is 2. The molecule has 4 heteroatoms. The van der Waals surface area contributed by atoms with Gasteiger partial charge < -0.3 is 10.2 Å². The summed E-state index contributed by atoms with van der Waals surface area (Å²) in [4.78, 5) is 28.5. The Morgan fingerprint density at radius 1 is 1.03 bits per heavy atom. The molecular formula is C27H36N2O2. The zero-order valence-corrected chi connectivity index (χ0v) is 19.4. The number of nitrogens with zero attached hydrogens (tertiary/aromatic N) is 1. The largest absolute Gasteiger partial charge is 0.352 e. The van der Waals surface area contributed by atoms with E-state index >= 15 is 0 Å². The second-order valence-electron chi connectivity index (χ2n) is 9.03. The minimum absolute atomic E-state index is 0.00155. The van der Waals surface area contributed by atoms with Crippen molar-refractivity contribution in [3.8, 4) is 0 Å². The van der Waals surface area contributed by atoms with Crippen LogP contribution in [0.15, 0.2) is 42.5 Å². The average molecular weight is 421 g/mol. The van der Waals surface area contributed by atoms with E-state index in [-0.39, 0.29) is 17.9 Å². The maximum atomic E-state index is 13.5. The molecule has 0 aromatic heterocycles. The van der Waals surface area contributed by atoms with Crippen molar-refractivity contribution >= 4 is 11.8 Å². The Bertz CT molecular complexity index is 895. The van der Waals surface area contributed by atoms with Gasteiger partial charge in [0.25, 0.3) is 0 Å². The van der Waals surface area contributed by atoms with Gasteiger partial charge in [0.05, 0.1) is 6.42 Å². The molecule has 2 aromatic carbocycles. The molecule has 0 heterocycles. The fourth-order valence-electron chi connectivity index (χ4n) is 4.71. The van der Waals surface area contributed by atoms with Crippen LogP contribution in [0.3, 0.4) is 0 Å². The van der Waals surface area contributed by atoms with Crippen LogP contribution in [0.1, 0.15) is 66.8 Å². The van der Waals surface area contributed by atoms with Crippen molar-refractivity contribution < 1.29 is 9.59 Å². The first-order chi connectivity index (χ1) is 14.9. The summed E-state index contributed by atoms with van der Waals surface area (Å²) in [5.74, 6) is -0.0153. The number of rotatable bonds is 8. The fraction of sp³-hybridized carbons (Fsp3) is 0.481. The molecule has 4 nitrogen and oxygen atoms in total. The molecule has 1 N–H and O–H groups in total. The Balaban J connectivity index is 1.85. The summed E-state index contributed by atoms with van der Waals surface area (Å²) in [5, 5.41) is 3.21. The van der Waals surface area contributed by atoms with Crippen molar-refractivity contribution in [1.82, 2.24) is 10.2 Å². The lowest BCUT2D eigenvalue weighted by Gasteiger charge is -2.32. The van der Waals surface area contributed by atoms with Crippen LogP contribution in [0.25, 0.3) is 0 Å². The summed E-state index contributed by atoms with van der Waals surface area (Å²) < 4.78 is 0. The highest BCUT2D eigenvalue weighted by Gasteiger charge is 2.30. The van der Waals surface area contributed by atoms with Gasteiger partial charge in [-0.2, -0.15) is 0 Å². The van der Waals surface area contributed by atoms with Crippen molar-refractivity contribution in [1.29, 1.82) is 0 Å². The summed E-state index contributed by atoms with van der Waals surface area (Å²) in [6.45, 7) is 8.61. The van der Waals surface area contributed by atoms with Crippen molar-refractivity contribution in [2.24, 2.45) is 0 Å². The predicted molar refractivity (Wildman–Crippen MR) is 126 cm³/mol. The standard InChI is InChI=1S/C27H36N2O2/c1-5-25(27(31)28-24-12-8-9-13-24)29(18-23-11-7-6-10-21(23)4)26(30)17-22-15-19(2)14-20(3)16-22/h6-7,10-11,14-16,24-25H,5,8-9,12-13,17-18H2,1-4H3,(H,28,31)/t25-/m0/s1. The Morgan fingerprint density at radius 3 is 2.29 bits per heavy atom. The molecule has 0 radical (unpaired) electrons. The molecule has 0 saturated heterocycles. The number of benzene rings is 2. The van der Waals surface area contributed by atoms with Gasteiger partial charge in [-0.3, -0.25) is 9.59 Å². The maximum absolute atomic E-state index is 13.5. The van der Waals surface area contributed by atoms with Crippen LogP contribution in [0.5, 0.6) is 0 Å². The Morgan fingerprint density at radius 2 is 1.68 bits per heavy atom. The molecule has 0 aliphatic heterocycles. The lowest BCUT2D eigenvalue weighted by Crippen LogP contribution is -2.51. The molecule has 0 bridgehead atoms. The van der Waals surface area contributed by atoms with Gasteiger partial charge in [-0.15, -0.1) is 0 Å². The molecule has 166 valence electrons. The normalized spacial score (nSPS) is 15.0. The molecule has 31 heavy (non-hydrogen) atoms. The molecule has 2 aromatic rings. The quantitative estimate of drug-likeness (QED) is 0.652. The topological polar surface area (TPSA) is 49.4 Å². The third-order valence-electron chi connectivity index (χ3n) is 6.33. The van der Waals surface area contributed by atoms with E-state index in [1.807, 2.05) is 25.1 Å². The van der Waals surface area contributed by atoms with Crippen molar-refractivity contribution in [3.63, 3.8) is 0 Å². The van der Waals surface area contributed by atoms with E-state index in [1.165, 1.54) is 12.8 Å². The van der Waals surface area contributed by atoms with Crippen LogP contribution in [0.2, 0.25) is 0 Å². The first-order valence-corrected chi connectivity index (χ1v) is 11.6. The number of carbonyl (C=O) groups excluding carboxylic acids is 2. The van der Waals surface area contributed by atoms with Crippen molar-refractivity contribution in [3.05, 3.63) is 70.3 Å². The highest BCUT2D eigenvalue weighted by Crippen LogP contribution is 2.21. The summed E-state index contributed by atoms with van der Waals surface area (Å²) in [5.41, 5.74) is 5.53. The van der Waals surface area contributed by atoms with Gasteiger partial charge in [0.15, 0.2) is 0 Å². The number of aryl methyl sites for hydroxylation is 3. The smallest absolute Gasteiger partial charge is 0.243 e. The van der Waals surface area contributed by atoms with Gasteiger partial charge in [0, 0.05) is 12.6 Å². The van der Waals surface area contributed by atoms with Gasteiger partial charge in [0.1, 0.15) is 6.04 Å². The molecule has 0 unspecified atom stereocenters. The molecule has 1 atom stereocenters. The van der Waals surface area contributed by atoms with E-state index in [9.17, 15) is 9.59 Å².